The summed E-state index contributed by atoms with van der Waals surface area (Å²) >= 11 is 0. The molecule has 326 valence electrons. The molecule has 1 aromatic heterocycles. The van der Waals surface area contributed by atoms with Gasteiger partial charge in [-0.2, -0.15) is 8.78 Å². The van der Waals surface area contributed by atoms with Gasteiger partial charge in [0.1, 0.15) is 35.6 Å². The molecule has 4 amide bonds. The smallest absolute Gasteiger partial charge is 0.408 e. The number of alkyl carbamates (subject to hydrolysis) is 1. The van der Waals surface area contributed by atoms with Gasteiger partial charge in [0, 0.05) is 18.4 Å². The summed E-state index contributed by atoms with van der Waals surface area (Å²) in [5.74, 6) is -7.03. The van der Waals surface area contributed by atoms with E-state index in [4.69, 9.17) is 14.2 Å². The van der Waals surface area contributed by atoms with Crippen LogP contribution in [0, 0.1) is 17.3 Å². The maximum absolute atomic E-state index is 16.4. The molecule has 6 rings (SSSR count). The number of nitrogens with zero attached hydrogens (tertiary/aromatic N) is 3. The minimum Gasteiger partial charge on any atom is -0.497 e. The lowest BCUT2D eigenvalue weighted by Crippen LogP contribution is -2.61. The van der Waals surface area contributed by atoms with Gasteiger partial charge < -0.3 is 29.7 Å². The summed E-state index contributed by atoms with van der Waals surface area (Å²) in [5.41, 5.74) is -2.74. The maximum Gasteiger partial charge on any atom is 0.408 e. The SMILES string of the molecule is CC[C@@H]1[C@@H]2CN(C(=O)[C@H](C(C)(C)C)NC(=O)O[C@H](C)CCCCCCC(F)(F)c3nc4ccc(OC)cc4nc3O2)[C@@H]1C(=O)N[C@]1(C(=O)NS(=O)(=O)C2CC2)C[C@H]1CC. The lowest BCUT2D eigenvalue weighted by atomic mass is 9.85. The van der Waals surface area contributed by atoms with Gasteiger partial charge in [-0.3, -0.25) is 19.1 Å². The molecule has 2 aliphatic carbocycles. The molecule has 4 aliphatic rings. The van der Waals surface area contributed by atoms with Gasteiger partial charge in [0.05, 0.1) is 29.9 Å². The van der Waals surface area contributed by atoms with Gasteiger partial charge in [-0.15, -0.1) is 0 Å². The molecular weight excluding hydrogens is 791 g/mol. The first-order valence-corrected chi connectivity index (χ1v) is 22.4. The fourth-order valence-electron chi connectivity index (χ4n) is 8.40. The summed E-state index contributed by atoms with van der Waals surface area (Å²) < 4.78 is 78.1. The van der Waals surface area contributed by atoms with Crippen LogP contribution < -0.4 is 24.8 Å². The van der Waals surface area contributed by atoms with E-state index in [1.54, 1.807) is 46.8 Å². The highest BCUT2D eigenvalue weighted by Crippen LogP contribution is 2.47. The van der Waals surface area contributed by atoms with E-state index in [0.717, 1.165) is 0 Å². The van der Waals surface area contributed by atoms with Crippen LogP contribution in [0.4, 0.5) is 13.6 Å². The molecule has 15 nitrogen and oxygen atoms in total. The molecule has 3 N–H and O–H groups in total. The summed E-state index contributed by atoms with van der Waals surface area (Å²) in [6.45, 7) is 10.2. The lowest BCUT2D eigenvalue weighted by Gasteiger charge is -2.36. The first-order chi connectivity index (χ1) is 27.7. The number of sulfonamides is 1. The molecule has 2 aromatic rings. The topological polar surface area (TPSA) is 195 Å². The van der Waals surface area contributed by atoms with Crippen LogP contribution >= 0.6 is 0 Å². The van der Waals surface area contributed by atoms with E-state index in [-0.39, 0.29) is 42.8 Å². The van der Waals surface area contributed by atoms with E-state index in [2.05, 4.69) is 25.3 Å². The largest absolute Gasteiger partial charge is 0.497 e. The highest BCUT2D eigenvalue weighted by atomic mass is 32.2. The zero-order chi connectivity index (χ0) is 43.1. The standard InChI is InChI=1S/C41H58F2N6O9S/c1-8-24-21-40(24,37(52)48-59(54,55)26-16-17-26)47-34(50)31-27(9-2)30-22-49(31)36(51)33(39(4,5)6)46-38(53)57-23(3)14-12-10-11-13-19-41(42,43)32-35(58-30)45-29-20-25(56-7)15-18-28(29)44-32/h15,18,20,23-24,26-27,30-31,33H,8-14,16-17,19,21-22H2,1-7H3,(H,46,53)(H,47,50)(H,48,52)/t23-,24-,27-,30+,31+,33-,40-/m1/s1. The van der Waals surface area contributed by atoms with Crippen molar-refractivity contribution in [1.82, 2.24) is 30.2 Å². The third-order valence-electron chi connectivity index (χ3n) is 12.1. The number of rotatable bonds is 8. The summed E-state index contributed by atoms with van der Waals surface area (Å²) in [6, 6.07) is 2.10. The summed E-state index contributed by atoms with van der Waals surface area (Å²) in [6.07, 6.45) is 1.04. The van der Waals surface area contributed by atoms with E-state index < -0.39 is 104 Å². The molecule has 1 saturated heterocycles. The number of halogens is 2. The number of carbonyl (C=O) groups excluding carboxylic acids is 4. The van der Waals surface area contributed by atoms with Crippen LogP contribution in [0.25, 0.3) is 11.0 Å². The number of hydrogen-bond acceptors (Lipinski definition) is 11. The van der Waals surface area contributed by atoms with Gasteiger partial charge in [-0.05, 0) is 75.3 Å². The number of nitrogens with one attached hydrogen (secondary N) is 3. The molecule has 2 saturated carbocycles. The molecule has 2 aliphatic heterocycles. The second-order valence-electron chi connectivity index (χ2n) is 17.7. The molecule has 0 unspecified atom stereocenters. The van der Waals surface area contributed by atoms with Gasteiger partial charge in [0.15, 0.2) is 5.69 Å². The Bertz CT molecular complexity index is 2040. The van der Waals surface area contributed by atoms with Gasteiger partial charge >= 0.3 is 6.09 Å². The molecule has 3 heterocycles. The number of amides is 4. The molecule has 1 aromatic carbocycles. The highest BCUT2D eigenvalue weighted by molar-refractivity contribution is 7.91. The normalized spacial score (nSPS) is 29.4. The van der Waals surface area contributed by atoms with Gasteiger partial charge in [-0.1, -0.05) is 53.9 Å². The number of ether oxygens (including phenoxy) is 3. The molecule has 2 bridgehead atoms. The molecule has 3 fully saturated rings. The van der Waals surface area contributed by atoms with Crippen molar-refractivity contribution in [2.45, 2.75) is 153 Å². The molecule has 0 spiro atoms. The minimum atomic E-state index is -3.96. The monoisotopic (exact) mass is 848 g/mol. The van der Waals surface area contributed by atoms with Gasteiger partial charge in [0.25, 0.3) is 11.8 Å². The quantitative estimate of drug-likeness (QED) is 0.304. The Balaban J connectivity index is 1.43. The summed E-state index contributed by atoms with van der Waals surface area (Å²) in [5, 5.41) is 4.89. The molecule has 18 heteroatoms. The summed E-state index contributed by atoms with van der Waals surface area (Å²) in [7, 11) is -2.50. The Hall–Kier alpha value is -4.35. The van der Waals surface area contributed by atoms with Crippen LogP contribution in [-0.4, -0.2) is 95.8 Å². The zero-order valence-corrected chi connectivity index (χ0v) is 35.8. The zero-order valence-electron chi connectivity index (χ0n) is 34.9. The Labute approximate surface area is 344 Å². The van der Waals surface area contributed by atoms with E-state index in [9.17, 15) is 27.6 Å². The first kappa shape index (κ1) is 44.2. The van der Waals surface area contributed by atoms with E-state index in [1.807, 2.05) is 6.92 Å². The van der Waals surface area contributed by atoms with Crippen LogP contribution in [0.3, 0.4) is 0 Å². The van der Waals surface area contributed by atoms with Crippen molar-refractivity contribution in [3.63, 3.8) is 0 Å². The average Bonchev–Trinajstić information content (AvgIpc) is 4.10. The second-order valence-corrected chi connectivity index (χ2v) is 19.6. The lowest BCUT2D eigenvalue weighted by molar-refractivity contribution is -0.143. The predicted octanol–water partition coefficient (Wildman–Crippen LogP) is 5.49. The molecular formula is C41H58F2N6O9S. The number of fused-ring (bicyclic) bond motifs is 4. The minimum absolute atomic E-state index is 0.166. The number of carbonyl (C=O) groups is 4. The third kappa shape index (κ3) is 9.51. The average molecular weight is 849 g/mol. The Morgan fingerprint density at radius 3 is 2.36 bits per heavy atom. The van der Waals surface area contributed by atoms with Crippen molar-refractivity contribution in [1.29, 1.82) is 0 Å². The summed E-state index contributed by atoms with van der Waals surface area (Å²) in [4.78, 5) is 66.9. The van der Waals surface area contributed by atoms with Crippen LogP contribution in [0.15, 0.2) is 18.2 Å². The first-order valence-electron chi connectivity index (χ1n) is 20.8. The Kier molecular flexibility index (Phi) is 12.7. The van der Waals surface area contributed by atoms with E-state index in [0.29, 0.717) is 50.7 Å². The number of methoxy groups -OCH3 is 1. The fraction of sp³-hybridized carbons (Fsp3) is 0.707. The van der Waals surface area contributed by atoms with Crippen molar-refractivity contribution < 1.29 is 50.6 Å². The van der Waals surface area contributed by atoms with Crippen molar-refractivity contribution in [3.8, 4) is 11.6 Å². The molecule has 0 radical (unpaired) electrons. The Morgan fingerprint density at radius 1 is 1.02 bits per heavy atom. The number of benzene rings is 1. The Morgan fingerprint density at radius 2 is 1.73 bits per heavy atom. The van der Waals surface area contributed by atoms with E-state index in [1.165, 1.54) is 18.1 Å². The van der Waals surface area contributed by atoms with Crippen molar-refractivity contribution in [3.05, 3.63) is 23.9 Å². The van der Waals surface area contributed by atoms with Crippen molar-refractivity contribution >= 4 is 44.9 Å². The van der Waals surface area contributed by atoms with Crippen LogP contribution in [0.1, 0.15) is 118 Å². The predicted molar refractivity (Wildman–Crippen MR) is 213 cm³/mol. The molecule has 59 heavy (non-hydrogen) atoms. The number of cyclic esters (lactones) is 1. The number of hydrogen-bond donors (Lipinski definition) is 3. The van der Waals surface area contributed by atoms with Crippen LogP contribution in [-0.2, 0) is 35.1 Å². The fourth-order valence-corrected chi connectivity index (χ4v) is 9.77. The third-order valence-corrected chi connectivity index (χ3v) is 14.0. The maximum atomic E-state index is 16.4. The highest BCUT2D eigenvalue weighted by Gasteiger charge is 2.63. The van der Waals surface area contributed by atoms with Gasteiger partial charge in [-0.25, -0.2) is 23.2 Å². The van der Waals surface area contributed by atoms with Crippen molar-refractivity contribution in [2.75, 3.05) is 13.7 Å². The number of alkyl halides is 2. The van der Waals surface area contributed by atoms with Crippen LogP contribution in [0.2, 0.25) is 0 Å². The van der Waals surface area contributed by atoms with Crippen LogP contribution in [0.5, 0.6) is 11.6 Å². The molecule has 7 atom stereocenters. The number of aromatic nitrogens is 2. The van der Waals surface area contributed by atoms with Gasteiger partial charge in [0.2, 0.25) is 27.7 Å². The second kappa shape index (κ2) is 17.0. The van der Waals surface area contributed by atoms with Crippen molar-refractivity contribution in [2.24, 2.45) is 17.3 Å². The van der Waals surface area contributed by atoms with E-state index >= 15 is 8.78 Å².